The Morgan fingerprint density at radius 1 is 1.03 bits per heavy atom. The second kappa shape index (κ2) is 10.7. The van der Waals surface area contributed by atoms with Gasteiger partial charge in [-0.25, -0.2) is 4.68 Å². The monoisotopic (exact) mass is 503 g/mol. The van der Waals surface area contributed by atoms with Crippen LogP contribution in [-0.4, -0.2) is 77.1 Å². The summed E-state index contributed by atoms with van der Waals surface area (Å²) in [4.78, 5) is 21.3. The molecule has 0 bridgehead atoms. The van der Waals surface area contributed by atoms with Gasteiger partial charge < -0.3 is 19.4 Å². The van der Waals surface area contributed by atoms with E-state index >= 15 is 0 Å². The lowest BCUT2D eigenvalue weighted by atomic mass is 10.00. The molecule has 2 aromatic carbocycles. The summed E-state index contributed by atoms with van der Waals surface area (Å²) in [6.07, 6.45) is 0. The van der Waals surface area contributed by atoms with Gasteiger partial charge in [-0.05, 0) is 71.6 Å². The standard InChI is InChI=1S/C27H33N7O3/c1-18-15-19(2)24-20(16-18)17-23(27(35)28-24)25(26-29-30-31-34(26)13-14-36-3)33-11-9-32(10-12-33)21-5-7-22(37-4)8-6-21/h5-8,15-17,25H,9-14H2,1-4H3,(H,28,35)/t25-/m0/s1. The number of methoxy groups -OCH3 is 2. The smallest absolute Gasteiger partial charge is 0.253 e. The molecule has 0 spiro atoms. The lowest BCUT2D eigenvalue weighted by Gasteiger charge is -2.39. The molecule has 5 rings (SSSR count). The molecule has 1 aliphatic heterocycles. The molecule has 0 amide bonds. The molecule has 1 fully saturated rings. The van der Waals surface area contributed by atoms with E-state index in [4.69, 9.17) is 9.47 Å². The molecule has 1 atom stereocenters. The minimum atomic E-state index is -0.390. The maximum Gasteiger partial charge on any atom is 0.253 e. The molecule has 10 heteroatoms. The van der Waals surface area contributed by atoms with Crippen molar-refractivity contribution in [2.45, 2.75) is 26.4 Å². The molecule has 3 heterocycles. The fourth-order valence-corrected chi connectivity index (χ4v) is 5.18. The van der Waals surface area contributed by atoms with Crippen LogP contribution in [0.15, 0.2) is 47.3 Å². The Bertz CT molecular complexity index is 1420. The third kappa shape index (κ3) is 5.07. The Labute approximate surface area is 215 Å². The van der Waals surface area contributed by atoms with Gasteiger partial charge in [0.1, 0.15) is 11.8 Å². The first-order valence-corrected chi connectivity index (χ1v) is 12.5. The number of aromatic amines is 1. The van der Waals surface area contributed by atoms with Crippen LogP contribution in [0.1, 0.15) is 28.6 Å². The quantitative estimate of drug-likeness (QED) is 0.392. The van der Waals surface area contributed by atoms with Gasteiger partial charge in [0.15, 0.2) is 5.82 Å². The first-order valence-electron chi connectivity index (χ1n) is 12.5. The largest absolute Gasteiger partial charge is 0.497 e. The minimum absolute atomic E-state index is 0.122. The Morgan fingerprint density at radius 3 is 2.49 bits per heavy atom. The number of nitrogens with one attached hydrogen (secondary N) is 1. The maximum absolute atomic E-state index is 13.5. The molecular formula is C27H33N7O3. The van der Waals surface area contributed by atoms with Gasteiger partial charge in [-0.3, -0.25) is 9.69 Å². The number of ether oxygens (including phenoxy) is 2. The number of hydrogen-bond acceptors (Lipinski definition) is 8. The third-order valence-corrected chi connectivity index (χ3v) is 7.05. The number of anilines is 1. The highest BCUT2D eigenvalue weighted by atomic mass is 16.5. The van der Waals surface area contributed by atoms with E-state index in [0.29, 0.717) is 24.5 Å². The van der Waals surface area contributed by atoms with Crippen LogP contribution in [0.4, 0.5) is 5.69 Å². The first-order chi connectivity index (χ1) is 18.0. The van der Waals surface area contributed by atoms with Gasteiger partial charge in [0.2, 0.25) is 0 Å². The maximum atomic E-state index is 13.5. The number of fused-ring (bicyclic) bond motifs is 1. The summed E-state index contributed by atoms with van der Waals surface area (Å²) in [6.45, 7) is 8.19. The summed E-state index contributed by atoms with van der Waals surface area (Å²) in [5.41, 5.74) is 4.73. The van der Waals surface area contributed by atoms with Crippen molar-refractivity contribution in [1.29, 1.82) is 0 Å². The van der Waals surface area contributed by atoms with E-state index in [9.17, 15) is 4.79 Å². The molecule has 0 unspecified atom stereocenters. The zero-order valence-electron chi connectivity index (χ0n) is 21.8. The van der Waals surface area contributed by atoms with Crippen LogP contribution in [0, 0.1) is 13.8 Å². The van der Waals surface area contributed by atoms with Crippen LogP contribution in [0.3, 0.4) is 0 Å². The highest BCUT2D eigenvalue weighted by molar-refractivity contribution is 5.83. The normalized spacial score (nSPS) is 15.3. The third-order valence-electron chi connectivity index (χ3n) is 7.05. The van der Waals surface area contributed by atoms with E-state index in [2.05, 4.69) is 61.5 Å². The number of benzene rings is 2. The highest BCUT2D eigenvalue weighted by Gasteiger charge is 2.32. The van der Waals surface area contributed by atoms with Gasteiger partial charge in [-0.2, -0.15) is 0 Å². The fourth-order valence-electron chi connectivity index (χ4n) is 5.18. The molecule has 0 saturated carbocycles. The Balaban J connectivity index is 1.51. The molecule has 1 aliphatic rings. The molecule has 194 valence electrons. The van der Waals surface area contributed by atoms with Crippen molar-refractivity contribution in [2.75, 3.05) is 51.9 Å². The number of nitrogens with zero attached hydrogens (tertiary/aromatic N) is 6. The molecule has 10 nitrogen and oxygen atoms in total. The summed E-state index contributed by atoms with van der Waals surface area (Å²) in [5, 5.41) is 13.6. The number of piperazine rings is 1. The zero-order chi connectivity index (χ0) is 25.9. The van der Waals surface area contributed by atoms with Crippen LogP contribution in [0.5, 0.6) is 5.75 Å². The number of tetrazole rings is 1. The van der Waals surface area contributed by atoms with Crippen molar-refractivity contribution in [3.8, 4) is 5.75 Å². The van der Waals surface area contributed by atoms with Gasteiger partial charge in [-0.1, -0.05) is 11.6 Å². The second-order valence-corrected chi connectivity index (χ2v) is 9.48. The summed E-state index contributed by atoms with van der Waals surface area (Å²) < 4.78 is 12.3. The summed E-state index contributed by atoms with van der Waals surface area (Å²) in [5.74, 6) is 1.48. The average Bonchev–Trinajstić information content (AvgIpc) is 3.37. The van der Waals surface area contributed by atoms with Crippen molar-refractivity contribution in [1.82, 2.24) is 30.1 Å². The van der Waals surface area contributed by atoms with Gasteiger partial charge in [-0.15, -0.1) is 5.10 Å². The van der Waals surface area contributed by atoms with E-state index < -0.39 is 0 Å². The number of hydrogen-bond donors (Lipinski definition) is 1. The zero-order valence-corrected chi connectivity index (χ0v) is 21.8. The van der Waals surface area contributed by atoms with Crippen LogP contribution in [0.2, 0.25) is 0 Å². The SMILES string of the molecule is COCCn1nnnc1[C@H](c1cc2cc(C)cc(C)c2[nH]c1=O)N1CCN(c2ccc(OC)cc2)CC1. The van der Waals surface area contributed by atoms with E-state index in [-0.39, 0.29) is 11.6 Å². The van der Waals surface area contributed by atoms with Crippen LogP contribution >= 0.6 is 0 Å². The molecule has 2 aromatic heterocycles. The van der Waals surface area contributed by atoms with E-state index in [1.807, 2.05) is 25.1 Å². The van der Waals surface area contributed by atoms with Crippen LogP contribution in [-0.2, 0) is 11.3 Å². The predicted molar refractivity (Wildman–Crippen MR) is 142 cm³/mol. The van der Waals surface area contributed by atoms with Gasteiger partial charge in [0.25, 0.3) is 5.56 Å². The molecule has 0 aliphatic carbocycles. The number of aromatic nitrogens is 5. The van der Waals surface area contributed by atoms with E-state index in [0.717, 1.165) is 59.6 Å². The Kier molecular flexibility index (Phi) is 7.20. The van der Waals surface area contributed by atoms with E-state index in [1.54, 1.807) is 18.9 Å². The fraction of sp³-hybridized carbons (Fsp3) is 0.407. The average molecular weight is 504 g/mol. The Morgan fingerprint density at radius 2 is 1.78 bits per heavy atom. The van der Waals surface area contributed by atoms with Crippen molar-refractivity contribution in [3.05, 3.63) is 75.3 Å². The first kappa shape index (κ1) is 24.9. The lowest BCUT2D eigenvalue weighted by Crippen LogP contribution is -2.49. The molecule has 1 saturated heterocycles. The van der Waals surface area contributed by atoms with Crippen molar-refractivity contribution >= 4 is 16.6 Å². The molecule has 4 aromatic rings. The summed E-state index contributed by atoms with van der Waals surface area (Å²) >= 11 is 0. The van der Waals surface area contributed by atoms with Crippen molar-refractivity contribution in [3.63, 3.8) is 0 Å². The van der Waals surface area contributed by atoms with Crippen molar-refractivity contribution < 1.29 is 9.47 Å². The van der Waals surface area contributed by atoms with Crippen LogP contribution < -0.4 is 15.2 Å². The topological polar surface area (TPSA) is 101 Å². The highest BCUT2D eigenvalue weighted by Crippen LogP contribution is 2.30. The predicted octanol–water partition coefficient (Wildman–Crippen LogP) is 2.70. The van der Waals surface area contributed by atoms with Gasteiger partial charge >= 0.3 is 0 Å². The molecule has 37 heavy (non-hydrogen) atoms. The number of pyridine rings is 1. The number of aryl methyl sites for hydroxylation is 2. The molecular weight excluding hydrogens is 470 g/mol. The van der Waals surface area contributed by atoms with Gasteiger partial charge in [0.05, 0.1) is 25.8 Å². The van der Waals surface area contributed by atoms with E-state index in [1.165, 1.54) is 0 Å². The van der Waals surface area contributed by atoms with Crippen LogP contribution in [0.25, 0.3) is 10.9 Å². The van der Waals surface area contributed by atoms with Gasteiger partial charge in [0, 0.05) is 44.5 Å². The Hall–Kier alpha value is -3.76. The minimum Gasteiger partial charge on any atom is -0.497 e. The number of rotatable bonds is 8. The second-order valence-electron chi connectivity index (χ2n) is 9.48. The molecule has 0 radical (unpaired) electrons. The lowest BCUT2D eigenvalue weighted by molar-refractivity contribution is 0.171. The van der Waals surface area contributed by atoms with Crippen molar-refractivity contribution in [2.24, 2.45) is 0 Å². The number of H-pyrrole nitrogens is 1. The summed E-state index contributed by atoms with van der Waals surface area (Å²) in [6, 6.07) is 13.9. The molecule has 1 N–H and O–H groups in total. The summed E-state index contributed by atoms with van der Waals surface area (Å²) in [7, 11) is 3.32.